The van der Waals surface area contributed by atoms with E-state index >= 15 is 0 Å². The van der Waals surface area contributed by atoms with Gasteiger partial charge in [0, 0.05) is 29.2 Å². The number of amides is 1. The van der Waals surface area contributed by atoms with E-state index in [1.807, 2.05) is 17.5 Å². The Balaban J connectivity index is 1.68. The van der Waals surface area contributed by atoms with Crippen LogP contribution in [0.15, 0.2) is 70.9 Å². The van der Waals surface area contributed by atoms with Crippen LogP contribution in [-0.4, -0.2) is 31.7 Å². The molecule has 0 bridgehead atoms. The minimum atomic E-state index is -3.63. The van der Waals surface area contributed by atoms with Gasteiger partial charge in [-0.25, -0.2) is 12.8 Å². The van der Waals surface area contributed by atoms with Crippen LogP contribution >= 0.6 is 11.3 Å². The Labute approximate surface area is 179 Å². The molecule has 30 heavy (non-hydrogen) atoms. The van der Waals surface area contributed by atoms with Crippen molar-refractivity contribution in [3.05, 3.63) is 82.3 Å². The maximum atomic E-state index is 13.4. The lowest BCUT2D eigenvalue weighted by Crippen LogP contribution is -2.31. The highest BCUT2D eigenvalue weighted by Gasteiger charge is 2.28. The second kappa shape index (κ2) is 8.67. The third-order valence-corrected chi connectivity index (χ3v) is 7.82. The Morgan fingerprint density at radius 1 is 1.03 bits per heavy atom. The van der Waals surface area contributed by atoms with Crippen LogP contribution in [0, 0.1) is 5.82 Å². The molecule has 8 heteroatoms. The summed E-state index contributed by atoms with van der Waals surface area (Å²) in [4.78, 5) is 16.0. The summed E-state index contributed by atoms with van der Waals surface area (Å²) in [6, 6.07) is 15.7. The summed E-state index contributed by atoms with van der Waals surface area (Å²) in [6.45, 7) is 1.31. The number of carbonyl (C=O) groups is 1. The topological polar surface area (TPSA) is 57.7 Å². The van der Waals surface area contributed by atoms with Crippen LogP contribution in [0.25, 0.3) is 0 Å². The van der Waals surface area contributed by atoms with Crippen molar-refractivity contribution in [2.24, 2.45) is 0 Å². The summed E-state index contributed by atoms with van der Waals surface area (Å²) in [5, 5.41) is 1.92. The number of benzene rings is 2. The molecule has 0 aliphatic carbocycles. The van der Waals surface area contributed by atoms with Gasteiger partial charge in [0.15, 0.2) is 0 Å². The Morgan fingerprint density at radius 3 is 2.43 bits per heavy atom. The zero-order valence-corrected chi connectivity index (χ0v) is 17.8. The van der Waals surface area contributed by atoms with Crippen LogP contribution < -0.4 is 4.90 Å². The van der Waals surface area contributed by atoms with E-state index in [-0.39, 0.29) is 22.2 Å². The van der Waals surface area contributed by atoms with Gasteiger partial charge in [-0.2, -0.15) is 4.31 Å². The van der Waals surface area contributed by atoms with E-state index in [9.17, 15) is 17.6 Å². The van der Waals surface area contributed by atoms with Crippen molar-refractivity contribution in [3.8, 4) is 0 Å². The quantitative estimate of drug-likeness (QED) is 0.562. The molecule has 0 saturated carbocycles. The van der Waals surface area contributed by atoms with Crippen molar-refractivity contribution < 1.29 is 17.6 Å². The maximum Gasteiger partial charge on any atom is 0.258 e. The minimum absolute atomic E-state index is 0.116. The standard InChI is InChI=1S/C22H21FN2O3S2/c23-18-8-10-19(11-9-18)25(16-20-6-4-14-29-20)22(26)17-5-3-7-21(15-17)30(27,28)24-12-1-2-13-24/h3-11,14-15H,1-2,12-13,16H2. The first-order chi connectivity index (χ1) is 14.4. The van der Waals surface area contributed by atoms with Gasteiger partial charge in [0.1, 0.15) is 5.82 Å². The smallest absolute Gasteiger partial charge is 0.258 e. The molecule has 1 amide bonds. The van der Waals surface area contributed by atoms with E-state index in [0.29, 0.717) is 25.3 Å². The van der Waals surface area contributed by atoms with Crippen LogP contribution in [0.2, 0.25) is 0 Å². The highest BCUT2D eigenvalue weighted by atomic mass is 32.2. The molecule has 2 aromatic carbocycles. The summed E-state index contributed by atoms with van der Waals surface area (Å²) in [6.07, 6.45) is 1.69. The van der Waals surface area contributed by atoms with Crippen molar-refractivity contribution in [1.82, 2.24) is 4.31 Å². The molecule has 2 heterocycles. The fraction of sp³-hybridized carbons (Fsp3) is 0.227. The molecule has 5 nitrogen and oxygen atoms in total. The summed E-state index contributed by atoms with van der Waals surface area (Å²) >= 11 is 1.52. The van der Waals surface area contributed by atoms with E-state index in [0.717, 1.165) is 17.7 Å². The zero-order valence-electron chi connectivity index (χ0n) is 16.2. The fourth-order valence-electron chi connectivity index (χ4n) is 3.48. The van der Waals surface area contributed by atoms with E-state index < -0.39 is 10.0 Å². The zero-order chi connectivity index (χ0) is 21.1. The van der Waals surface area contributed by atoms with Crippen molar-refractivity contribution in [1.29, 1.82) is 0 Å². The van der Waals surface area contributed by atoms with Crippen molar-refractivity contribution >= 4 is 33.0 Å². The minimum Gasteiger partial charge on any atom is -0.303 e. The molecule has 3 aromatic rings. The first-order valence-electron chi connectivity index (χ1n) is 9.65. The van der Waals surface area contributed by atoms with Crippen molar-refractivity contribution in [3.63, 3.8) is 0 Å². The molecular weight excluding hydrogens is 423 g/mol. The van der Waals surface area contributed by atoms with E-state index in [1.54, 1.807) is 24.3 Å². The molecule has 1 aliphatic heterocycles. The second-order valence-corrected chi connectivity index (χ2v) is 10.1. The van der Waals surface area contributed by atoms with Gasteiger partial charge >= 0.3 is 0 Å². The number of carbonyl (C=O) groups excluding carboxylic acids is 1. The van der Waals surface area contributed by atoms with Crippen LogP contribution in [-0.2, 0) is 16.6 Å². The number of thiophene rings is 1. The van der Waals surface area contributed by atoms with Crippen molar-refractivity contribution in [2.45, 2.75) is 24.3 Å². The number of rotatable bonds is 6. The van der Waals surface area contributed by atoms with Gasteiger partial charge in [-0.1, -0.05) is 12.1 Å². The number of nitrogens with zero attached hydrogens (tertiary/aromatic N) is 2. The van der Waals surface area contributed by atoms with Gasteiger partial charge in [0.2, 0.25) is 10.0 Å². The predicted octanol–water partition coefficient (Wildman–Crippen LogP) is 4.52. The van der Waals surface area contributed by atoms with E-state index in [1.165, 1.54) is 44.8 Å². The van der Waals surface area contributed by atoms with Gasteiger partial charge in [-0.05, 0) is 66.8 Å². The molecule has 0 radical (unpaired) electrons. The molecule has 0 N–H and O–H groups in total. The highest BCUT2D eigenvalue weighted by Crippen LogP contribution is 2.25. The van der Waals surface area contributed by atoms with E-state index in [4.69, 9.17) is 0 Å². The first kappa shape index (κ1) is 20.7. The third kappa shape index (κ3) is 4.30. The Hall–Kier alpha value is -2.55. The first-order valence-corrected chi connectivity index (χ1v) is 12.0. The Bertz CT molecular complexity index is 1120. The molecule has 0 atom stereocenters. The average Bonchev–Trinajstić information content (AvgIpc) is 3.47. The average molecular weight is 445 g/mol. The fourth-order valence-corrected chi connectivity index (χ4v) is 5.74. The molecule has 1 aromatic heterocycles. The third-order valence-electron chi connectivity index (χ3n) is 5.06. The van der Waals surface area contributed by atoms with Gasteiger partial charge in [-0.15, -0.1) is 11.3 Å². The molecule has 4 rings (SSSR count). The number of halogens is 1. The number of anilines is 1. The van der Waals surface area contributed by atoms with E-state index in [2.05, 4.69) is 0 Å². The SMILES string of the molecule is O=C(c1cccc(S(=O)(=O)N2CCCC2)c1)N(Cc1cccs1)c1ccc(F)cc1. The lowest BCUT2D eigenvalue weighted by atomic mass is 10.1. The molecule has 1 saturated heterocycles. The second-order valence-electron chi connectivity index (χ2n) is 7.09. The number of sulfonamides is 1. The van der Waals surface area contributed by atoms with Crippen LogP contribution in [0.1, 0.15) is 28.1 Å². The van der Waals surface area contributed by atoms with Gasteiger partial charge < -0.3 is 4.90 Å². The molecule has 1 aliphatic rings. The van der Waals surface area contributed by atoms with Crippen LogP contribution in [0.3, 0.4) is 0 Å². The summed E-state index contributed by atoms with van der Waals surface area (Å²) in [5.41, 5.74) is 0.818. The summed E-state index contributed by atoms with van der Waals surface area (Å²) in [5.74, 6) is -0.727. The summed E-state index contributed by atoms with van der Waals surface area (Å²) in [7, 11) is -3.63. The van der Waals surface area contributed by atoms with Gasteiger partial charge in [0.05, 0.1) is 11.4 Å². The van der Waals surface area contributed by atoms with Crippen LogP contribution in [0.5, 0.6) is 0 Å². The number of hydrogen-bond acceptors (Lipinski definition) is 4. The van der Waals surface area contributed by atoms with Gasteiger partial charge in [-0.3, -0.25) is 4.79 Å². The maximum absolute atomic E-state index is 13.4. The highest BCUT2D eigenvalue weighted by molar-refractivity contribution is 7.89. The van der Waals surface area contributed by atoms with Crippen LogP contribution in [0.4, 0.5) is 10.1 Å². The number of hydrogen-bond donors (Lipinski definition) is 0. The Morgan fingerprint density at radius 2 is 1.77 bits per heavy atom. The molecule has 0 spiro atoms. The monoisotopic (exact) mass is 444 g/mol. The molecular formula is C22H21FN2O3S2. The normalized spacial score (nSPS) is 14.7. The Kier molecular flexibility index (Phi) is 5.99. The van der Waals surface area contributed by atoms with Gasteiger partial charge in [0.25, 0.3) is 5.91 Å². The van der Waals surface area contributed by atoms with Crippen molar-refractivity contribution in [2.75, 3.05) is 18.0 Å². The largest absolute Gasteiger partial charge is 0.303 e. The molecule has 156 valence electrons. The summed E-state index contributed by atoms with van der Waals surface area (Å²) < 4.78 is 40.7. The lowest BCUT2D eigenvalue weighted by molar-refractivity contribution is 0.0985. The molecule has 0 unspecified atom stereocenters. The molecule has 1 fully saturated rings. The lowest BCUT2D eigenvalue weighted by Gasteiger charge is -2.23. The predicted molar refractivity (Wildman–Crippen MR) is 116 cm³/mol.